The molecule has 3 unspecified atom stereocenters. The summed E-state index contributed by atoms with van der Waals surface area (Å²) in [6, 6.07) is 11.2. The van der Waals surface area contributed by atoms with Gasteiger partial charge in [-0.1, -0.05) is 18.2 Å². The molecule has 1 aromatic carbocycles. The van der Waals surface area contributed by atoms with Gasteiger partial charge in [-0.2, -0.15) is 0 Å². The first kappa shape index (κ1) is 15.7. The van der Waals surface area contributed by atoms with E-state index in [0.717, 1.165) is 11.3 Å². The minimum Gasteiger partial charge on any atom is -0.497 e. The number of esters is 1. The summed E-state index contributed by atoms with van der Waals surface area (Å²) in [6.45, 7) is 2.10. The third-order valence-corrected chi connectivity index (χ3v) is 5.03. The van der Waals surface area contributed by atoms with Crippen molar-refractivity contribution in [2.45, 2.75) is 12.8 Å². The Balaban J connectivity index is 1.86. The van der Waals surface area contributed by atoms with Crippen molar-refractivity contribution in [1.29, 1.82) is 0 Å². The average Bonchev–Trinajstić information content (AvgIpc) is 3.07. The van der Waals surface area contributed by atoms with Crippen molar-refractivity contribution in [2.24, 2.45) is 11.8 Å². The Labute approximate surface area is 139 Å². The van der Waals surface area contributed by atoms with E-state index in [1.807, 2.05) is 35.7 Å². The molecule has 1 aliphatic rings. The molecule has 0 bridgehead atoms. The molecule has 0 amide bonds. The van der Waals surface area contributed by atoms with Crippen LogP contribution in [0.3, 0.4) is 0 Å². The Morgan fingerprint density at radius 2 is 1.87 bits per heavy atom. The number of Topliss-reactive ketones (excluding diaryl/α,β-unsaturated/α-hetero) is 1. The zero-order valence-electron chi connectivity index (χ0n) is 13.0. The van der Waals surface area contributed by atoms with Crippen molar-refractivity contribution in [3.05, 3.63) is 52.2 Å². The van der Waals surface area contributed by atoms with Gasteiger partial charge in [0.25, 0.3) is 0 Å². The third-order valence-electron chi connectivity index (χ3n) is 4.15. The van der Waals surface area contributed by atoms with Crippen molar-refractivity contribution >= 4 is 23.1 Å². The smallest absolute Gasteiger partial charge is 0.310 e. The van der Waals surface area contributed by atoms with Crippen LogP contribution >= 0.6 is 11.3 Å². The van der Waals surface area contributed by atoms with Gasteiger partial charge in [0, 0.05) is 11.8 Å². The summed E-state index contributed by atoms with van der Waals surface area (Å²) in [6.07, 6.45) is 0. The molecule has 1 aliphatic carbocycles. The van der Waals surface area contributed by atoms with E-state index in [-0.39, 0.29) is 23.6 Å². The highest BCUT2D eigenvalue weighted by Crippen LogP contribution is 2.56. The van der Waals surface area contributed by atoms with Crippen LogP contribution in [-0.2, 0) is 9.53 Å². The van der Waals surface area contributed by atoms with E-state index < -0.39 is 5.92 Å². The lowest BCUT2D eigenvalue weighted by Gasteiger charge is -2.03. The highest BCUT2D eigenvalue weighted by Gasteiger charge is 2.60. The lowest BCUT2D eigenvalue weighted by atomic mass is 10.1. The van der Waals surface area contributed by atoms with Gasteiger partial charge >= 0.3 is 5.97 Å². The van der Waals surface area contributed by atoms with Gasteiger partial charge in [-0.15, -0.1) is 11.3 Å². The van der Waals surface area contributed by atoms with Crippen molar-refractivity contribution in [2.75, 3.05) is 13.7 Å². The molecule has 23 heavy (non-hydrogen) atoms. The van der Waals surface area contributed by atoms with Crippen LogP contribution in [0.1, 0.15) is 28.1 Å². The van der Waals surface area contributed by atoms with Crippen molar-refractivity contribution < 1.29 is 19.1 Å². The molecule has 0 spiro atoms. The molecule has 1 fully saturated rings. The third kappa shape index (κ3) is 3.01. The molecule has 3 rings (SSSR count). The SMILES string of the molecule is CCOC(=O)C1C(C(=O)c2cccs2)C1c1ccc(OC)cc1. The Morgan fingerprint density at radius 1 is 1.13 bits per heavy atom. The summed E-state index contributed by atoms with van der Waals surface area (Å²) in [5.41, 5.74) is 0.971. The average molecular weight is 330 g/mol. The van der Waals surface area contributed by atoms with E-state index in [1.165, 1.54) is 11.3 Å². The molecule has 1 saturated carbocycles. The molecule has 1 aromatic heterocycles. The molecule has 5 heteroatoms. The van der Waals surface area contributed by atoms with Gasteiger partial charge in [0.05, 0.1) is 24.5 Å². The first-order valence-corrected chi connectivity index (χ1v) is 8.43. The first-order chi connectivity index (χ1) is 11.2. The Bertz CT molecular complexity index is 690. The fourth-order valence-corrected chi connectivity index (χ4v) is 3.71. The quantitative estimate of drug-likeness (QED) is 0.600. The number of benzene rings is 1. The molecular formula is C18H18O4S. The van der Waals surface area contributed by atoms with Crippen molar-refractivity contribution in [3.8, 4) is 5.75 Å². The first-order valence-electron chi connectivity index (χ1n) is 7.55. The van der Waals surface area contributed by atoms with Crippen LogP contribution in [0.4, 0.5) is 0 Å². The summed E-state index contributed by atoms with van der Waals surface area (Å²) >= 11 is 1.41. The Kier molecular flexibility index (Phi) is 4.48. The van der Waals surface area contributed by atoms with Crippen LogP contribution < -0.4 is 4.74 Å². The second-order valence-corrected chi connectivity index (χ2v) is 6.39. The number of hydrogen-bond donors (Lipinski definition) is 0. The van der Waals surface area contributed by atoms with Gasteiger partial charge < -0.3 is 9.47 Å². The highest BCUT2D eigenvalue weighted by molar-refractivity contribution is 7.12. The monoisotopic (exact) mass is 330 g/mol. The van der Waals surface area contributed by atoms with E-state index in [9.17, 15) is 9.59 Å². The van der Waals surface area contributed by atoms with E-state index in [4.69, 9.17) is 9.47 Å². The van der Waals surface area contributed by atoms with E-state index in [2.05, 4.69) is 0 Å². The number of methoxy groups -OCH3 is 1. The molecule has 120 valence electrons. The standard InChI is InChI=1S/C18H18O4S/c1-3-22-18(20)16-14(11-6-8-12(21-2)9-7-11)15(16)17(19)13-5-4-10-23-13/h4-10,14-16H,3H2,1-2H3. The number of ether oxygens (including phenoxy) is 2. The number of carbonyl (C=O) groups excluding carboxylic acids is 2. The van der Waals surface area contributed by atoms with E-state index in [0.29, 0.717) is 11.5 Å². The lowest BCUT2D eigenvalue weighted by molar-refractivity contribution is -0.145. The van der Waals surface area contributed by atoms with Crippen LogP contribution in [0, 0.1) is 11.8 Å². The molecular weight excluding hydrogens is 312 g/mol. The van der Waals surface area contributed by atoms with Crippen LogP contribution in [0.25, 0.3) is 0 Å². The molecule has 1 heterocycles. The minimum atomic E-state index is -0.391. The summed E-state index contributed by atoms with van der Waals surface area (Å²) in [4.78, 5) is 25.6. The molecule has 0 N–H and O–H groups in total. The summed E-state index contributed by atoms with van der Waals surface area (Å²) in [5.74, 6) is -0.348. The van der Waals surface area contributed by atoms with Crippen LogP contribution in [-0.4, -0.2) is 25.5 Å². The maximum Gasteiger partial charge on any atom is 0.310 e. The molecule has 3 atom stereocenters. The fourth-order valence-electron chi connectivity index (χ4n) is 2.99. The summed E-state index contributed by atoms with van der Waals surface area (Å²) < 4.78 is 10.3. The van der Waals surface area contributed by atoms with Crippen molar-refractivity contribution in [1.82, 2.24) is 0 Å². The van der Waals surface area contributed by atoms with Gasteiger partial charge in [0.1, 0.15) is 5.75 Å². The van der Waals surface area contributed by atoms with E-state index in [1.54, 1.807) is 20.1 Å². The summed E-state index contributed by atoms with van der Waals surface area (Å²) in [5, 5.41) is 1.87. The number of thiophene rings is 1. The number of hydrogen-bond acceptors (Lipinski definition) is 5. The molecule has 4 nitrogen and oxygen atoms in total. The van der Waals surface area contributed by atoms with Crippen LogP contribution in [0.2, 0.25) is 0 Å². The number of carbonyl (C=O) groups is 2. The normalized spacial score (nSPS) is 22.4. The van der Waals surface area contributed by atoms with Gasteiger partial charge in [-0.3, -0.25) is 9.59 Å². The maximum atomic E-state index is 12.7. The second-order valence-electron chi connectivity index (χ2n) is 5.44. The maximum absolute atomic E-state index is 12.7. The number of rotatable bonds is 6. The Hall–Kier alpha value is -2.14. The molecule has 2 aromatic rings. The van der Waals surface area contributed by atoms with Crippen LogP contribution in [0.15, 0.2) is 41.8 Å². The lowest BCUT2D eigenvalue weighted by Crippen LogP contribution is -2.11. The predicted octanol–water partition coefficient (Wildman–Crippen LogP) is 3.53. The minimum absolute atomic E-state index is 0.0267. The largest absolute Gasteiger partial charge is 0.497 e. The highest BCUT2D eigenvalue weighted by atomic mass is 32.1. The molecule has 0 saturated heterocycles. The fraction of sp³-hybridized carbons (Fsp3) is 0.333. The second kappa shape index (κ2) is 6.54. The van der Waals surface area contributed by atoms with Gasteiger partial charge in [0.2, 0.25) is 0 Å². The zero-order chi connectivity index (χ0) is 16.4. The summed E-state index contributed by atoms with van der Waals surface area (Å²) in [7, 11) is 1.61. The van der Waals surface area contributed by atoms with E-state index >= 15 is 0 Å². The zero-order valence-corrected chi connectivity index (χ0v) is 13.8. The van der Waals surface area contributed by atoms with Gasteiger partial charge in [-0.05, 0) is 36.1 Å². The Morgan fingerprint density at radius 3 is 2.43 bits per heavy atom. The predicted molar refractivity (Wildman–Crippen MR) is 88.0 cm³/mol. The molecule has 0 aliphatic heterocycles. The van der Waals surface area contributed by atoms with Gasteiger partial charge in [-0.25, -0.2) is 0 Å². The van der Waals surface area contributed by atoms with Crippen LogP contribution in [0.5, 0.6) is 5.75 Å². The number of ketones is 1. The molecule has 0 radical (unpaired) electrons. The topological polar surface area (TPSA) is 52.6 Å². The van der Waals surface area contributed by atoms with Gasteiger partial charge in [0.15, 0.2) is 5.78 Å². The van der Waals surface area contributed by atoms with Crippen molar-refractivity contribution in [3.63, 3.8) is 0 Å².